The van der Waals surface area contributed by atoms with Crippen LogP contribution in [-0.4, -0.2) is 15.6 Å². The van der Waals surface area contributed by atoms with Crippen molar-refractivity contribution in [1.82, 2.24) is 9.55 Å². The normalized spacial score (nSPS) is 10.4. The van der Waals surface area contributed by atoms with E-state index in [-0.39, 0.29) is 10.3 Å². The van der Waals surface area contributed by atoms with Gasteiger partial charge >= 0.3 is 6.03 Å². The SMILES string of the molecule is NC(=O)n1c(=S)[nH]c(=O)c2ccccc21. The number of benzene rings is 1. The largest absolute Gasteiger partial charge is 0.351 e. The predicted molar refractivity (Wildman–Crippen MR) is 58.4 cm³/mol. The van der Waals surface area contributed by atoms with Crippen molar-refractivity contribution in [3.63, 3.8) is 0 Å². The first-order valence-corrected chi connectivity index (χ1v) is 4.56. The number of primary amides is 1. The number of carbonyl (C=O) groups excluding carboxylic acids is 1. The summed E-state index contributed by atoms with van der Waals surface area (Å²) >= 11 is 4.85. The number of nitrogens with zero attached hydrogens (tertiary/aromatic N) is 1. The summed E-state index contributed by atoms with van der Waals surface area (Å²) in [6.07, 6.45) is 0. The van der Waals surface area contributed by atoms with Crippen LogP contribution in [0.25, 0.3) is 10.9 Å². The Balaban J connectivity index is 3.10. The maximum Gasteiger partial charge on any atom is 0.325 e. The van der Waals surface area contributed by atoms with Gasteiger partial charge in [0.05, 0.1) is 10.9 Å². The quantitative estimate of drug-likeness (QED) is 0.651. The number of aromatic nitrogens is 2. The van der Waals surface area contributed by atoms with Crippen LogP contribution >= 0.6 is 12.2 Å². The average Bonchev–Trinajstić information content (AvgIpc) is 2.17. The number of hydrogen-bond donors (Lipinski definition) is 2. The highest BCUT2D eigenvalue weighted by Crippen LogP contribution is 2.08. The van der Waals surface area contributed by atoms with Gasteiger partial charge in [-0.05, 0) is 24.4 Å². The molecule has 0 atom stereocenters. The molecule has 0 saturated carbocycles. The Morgan fingerprint density at radius 2 is 2.07 bits per heavy atom. The van der Waals surface area contributed by atoms with E-state index in [1.807, 2.05) is 0 Å². The number of nitrogens with one attached hydrogen (secondary N) is 1. The van der Waals surface area contributed by atoms with Crippen LogP contribution in [0.15, 0.2) is 29.1 Å². The molecule has 0 fully saturated rings. The predicted octanol–water partition coefficient (Wildman–Crippen LogP) is 0.986. The highest BCUT2D eigenvalue weighted by molar-refractivity contribution is 7.71. The first kappa shape index (κ1) is 9.60. The molecule has 0 aliphatic carbocycles. The van der Waals surface area contributed by atoms with E-state index in [4.69, 9.17) is 18.0 Å². The number of hydrogen-bond acceptors (Lipinski definition) is 3. The number of aromatic amines is 1. The van der Waals surface area contributed by atoms with Crippen LogP contribution in [0.5, 0.6) is 0 Å². The van der Waals surface area contributed by atoms with Crippen molar-refractivity contribution < 1.29 is 4.79 Å². The van der Waals surface area contributed by atoms with E-state index in [9.17, 15) is 9.59 Å². The van der Waals surface area contributed by atoms with Gasteiger partial charge in [-0.15, -0.1) is 0 Å². The summed E-state index contributed by atoms with van der Waals surface area (Å²) in [5.74, 6) is 0. The molecule has 3 N–H and O–H groups in total. The van der Waals surface area contributed by atoms with E-state index < -0.39 is 6.03 Å². The number of rotatable bonds is 0. The van der Waals surface area contributed by atoms with E-state index in [0.717, 1.165) is 4.57 Å². The van der Waals surface area contributed by atoms with Crippen molar-refractivity contribution in [3.05, 3.63) is 39.4 Å². The molecule has 5 nitrogen and oxygen atoms in total. The van der Waals surface area contributed by atoms with Gasteiger partial charge in [0, 0.05) is 0 Å². The molecule has 0 spiro atoms. The highest BCUT2D eigenvalue weighted by Gasteiger charge is 2.07. The lowest BCUT2D eigenvalue weighted by molar-refractivity contribution is 0.250. The molecule has 1 aromatic heterocycles. The van der Waals surface area contributed by atoms with Crippen LogP contribution in [0.4, 0.5) is 4.79 Å². The lowest BCUT2D eigenvalue weighted by Gasteiger charge is -2.05. The number of nitrogens with two attached hydrogens (primary N) is 1. The Morgan fingerprint density at radius 1 is 1.40 bits per heavy atom. The Hall–Kier alpha value is -1.95. The minimum Gasteiger partial charge on any atom is -0.351 e. The van der Waals surface area contributed by atoms with Crippen molar-refractivity contribution in [2.45, 2.75) is 0 Å². The number of carbonyl (C=O) groups is 1. The second-order valence-corrected chi connectivity index (χ2v) is 3.34. The van der Waals surface area contributed by atoms with Gasteiger partial charge in [-0.1, -0.05) is 12.1 Å². The van der Waals surface area contributed by atoms with Crippen LogP contribution in [0.2, 0.25) is 0 Å². The summed E-state index contributed by atoms with van der Waals surface area (Å²) in [5, 5.41) is 0.380. The number of fused-ring (bicyclic) bond motifs is 1. The zero-order valence-corrected chi connectivity index (χ0v) is 8.38. The van der Waals surface area contributed by atoms with Gasteiger partial charge in [0.15, 0.2) is 4.77 Å². The maximum atomic E-state index is 11.5. The smallest absolute Gasteiger partial charge is 0.325 e. The average molecular weight is 221 g/mol. The molecule has 2 aromatic rings. The summed E-state index contributed by atoms with van der Waals surface area (Å²) in [5.41, 5.74) is 5.26. The van der Waals surface area contributed by atoms with Crippen molar-refractivity contribution in [2.24, 2.45) is 5.73 Å². The van der Waals surface area contributed by atoms with Crippen molar-refractivity contribution in [3.8, 4) is 0 Å². The van der Waals surface area contributed by atoms with Crippen molar-refractivity contribution >= 4 is 29.2 Å². The van der Waals surface area contributed by atoms with Gasteiger partial charge in [-0.25, -0.2) is 9.36 Å². The fourth-order valence-electron chi connectivity index (χ4n) is 1.41. The van der Waals surface area contributed by atoms with Gasteiger partial charge in [0.2, 0.25) is 0 Å². The zero-order chi connectivity index (χ0) is 11.0. The number of amides is 1. The van der Waals surface area contributed by atoms with E-state index in [1.165, 1.54) is 0 Å². The molecule has 2 rings (SSSR count). The molecular weight excluding hydrogens is 214 g/mol. The zero-order valence-electron chi connectivity index (χ0n) is 7.56. The molecule has 1 aromatic carbocycles. The number of H-pyrrole nitrogens is 1. The van der Waals surface area contributed by atoms with Gasteiger partial charge in [0.1, 0.15) is 0 Å². The fraction of sp³-hybridized carbons (Fsp3) is 0. The second kappa shape index (κ2) is 3.32. The van der Waals surface area contributed by atoms with E-state index >= 15 is 0 Å². The monoisotopic (exact) mass is 221 g/mol. The summed E-state index contributed by atoms with van der Waals surface area (Å²) in [6, 6.07) is 5.91. The molecule has 15 heavy (non-hydrogen) atoms. The van der Waals surface area contributed by atoms with Crippen molar-refractivity contribution in [1.29, 1.82) is 0 Å². The third kappa shape index (κ3) is 1.44. The first-order chi connectivity index (χ1) is 7.11. The molecule has 0 unspecified atom stereocenters. The third-order valence-electron chi connectivity index (χ3n) is 2.03. The summed E-state index contributed by atoms with van der Waals surface area (Å²) < 4.78 is 1.10. The topological polar surface area (TPSA) is 80.9 Å². The minimum atomic E-state index is -0.715. The number of para-hydroxylation sites is 1. The van der Waals surface area contributed by atoms with Gasteiger partial charge in [-0.2, -0.15) is 0 Å². The molecular formula is C9H7N3O2S. The van der Waals surface area contributed by atoms with Crippen LogP contribution in [0.3, 0.4) is 0 Å². The van der Waals surface area contributed by atoms with Gasteiger partial charge < -0.3 is 5.73 Å². The van der Waals surface area contributed by atoms with Gasteiger partial charge in [0.25, 0.3) is 5.56 Å². The van der Waals surface area contributed by atoms with E-state index in [2.05, 4.69) is 4.98 Å². The van der Waals surface area contributed by atoms with E-state index in [0.29, 0.717) is 10.9 Å². The van der Waals surface area contributed by atoms with Crippen LogP contribution in [0, 0.1) is 4.77 Å². The fourth-order valence-corrected chi connectivity index (χ4v) is 1.69. The summed E-state index contributed by atoms with van der Waals surface area (Å²) in [6.45, 7) is 0. The standard InChI is InChI=1S/C9H7N3O2S/c10-8(14)12-6-4-2-1-3-5(6)7(13)11-9(12)15/h1-4H,(H2,10,14)(H,11,13,15). The third-order valence-corrected chi connectivity index (χ3v) is 2.32. The molecule has 0 bridgehead atoms. The Labute approximate surface area is 89.1 Å². The lowest BCUT2D eigenvalue weighted by atomic mass is 10.2. The molecule has 1 heterocycles. The Morgan fingerprint density at radius 3 is 2.73 bits per heavy atom. The molecule has 0 saturated heterocycles. The second-order valence-electron chi connectivity index (χ2n) is 2.95. The highest BCUT2D eigenvalue weighted by atomic mass is 32.1. The van der Waals surface area contributed by atoms with Gasteiger partial charge in [-0.3, -0.25) is 9.78 Å². The molecule has 0 aliphatic heterocycles. The Bertz CT molecular complexity index is 656. The molecule has 1 amide bonds. The van der Waals surface area contributed by atoms with Crippen molar-refractivity contribution in [2.75, 3.05) is 0 Å². The molecule has 0 aliphatic rings. The van der Waals surface area contributed by atoms with Crippen LogP contribution < -0.4 is 11.3 Å². The molecule has 0 radical (unpaired) electrons. The lowest BCUT2D eigenvalue weighted by Crippen LogP contribution is -2.25. The van der Waals surface area contributed by atoms with Crippen LogP contribution in [0.1, 0.15) is 0 Å². The summed E-state index contributed by atoms with van der Waals surface area (Å²) in [7, 11) is 0. The first-order valence-electron chi connectivity index (χ1n) is 4.15. The van der Waals surface area contributed by atoms with E-state index in [1.54, 1.807) is 24.3 Å². The van der Waals surface area contributed by atoms with Crippen LogP contribution in [-0.2, 0) is 0 Å². The summed E-state index contributed by atoms with van der Waals surface area (Å²) in [4.78, 5) is 25.0. The molecule has 76 valence electrons. The molecule has 6 heteroatoms. The Kier molecular flexibility index (Phi) is 2.12. The minimum absolute atomic E-state index is 0.00574. The maximum absolute atomic E-state index is 11.5.